The number of aromatic amines is 1. The Balaban J connectivity index is 1.79. The molecule has 6 nitrogen and oxygen atoms in total. The number of aliphatic hydroxyl groups is 1. The maximum Gasteiger partial charge on any atom is 0.330 e. The summed E-state index contributed by atoms with van der Waals surface area (Å²) in [6, 6.07) is 0. The number of aromatic nitrogens is 2. The Bertz CT molecular complexity index is 749. The van der Waals surface area contributed by atoms with Crippen molar-refractivity contribution in [3.63, 3.8) is 0 Å². The first-order valence-electron chi connectivity index (χ1n) is 7.97. The predicted molar refractivity (Wildman–Crippen MR) is 81.4 cm³/mol. The summed E-state index contributed by atoms with van der Waals surface area (Å²) >= 11 is 0. The number of aliphatic hydroxyl groups excluding tert-OH is 1. The molecule has 2 heterocycles. The lowest BCUT2D eigenvalue weighted by Gasteiger charge is -2.14. The molecule has 1 aromatic rings. The molecule has 2 aliphatic rings. The van der Waals surface area contributed by atoms with E-state index in [4.69, 9.17) is 6.11 Å². The lowest BCUT2D eigenvalue weighted by molar-refractivity contribution is -0.0102. The Labute approximate surface area is 129 Å². The quantitative estimate of drug-likeness (QED) is 0.863. The molecule has 0 spiro atoms. The third-order valence-corrected chi connectivity index (χ3v) is 3.97. The van der Waals surface area contributed by atoms with Crippen LogP contribution in [-0.2, 0) is 11.2 Å². The van der Waals surface area contributed by atoms with E-state index < -0.39 is 29.7 Å². The molecule has 1 fully saturated rings. The molecular formula is C16H19N2O4. The van der Waals surface area contributed by atoms with Crippen molar-refractivity contribution in [3.8, 4) is 0 Å². The molecule has 22 heavy (non-hydrogen) atoms. The molecule has 0 saturated carbocycles. The highest BCUT2D eigenvalue weighted by Gasteiger charge is 2.32. The van der Waals surface area contributed by atoms with Crippen molar-refractivity contribution in [1.29, 1.82) is 0 Å². The smallest absolute Gasteiger partial charge is 0.330 e. The van der Waals surface area contributed by atoms with Gasteiger partial charge in [0.05, 0.1) is 12.2 Å². The Morgan fingerprint density at radius 3 is 3.00 bits per heavy atom. The number of nitrogens with zero attached hydrogens (tertiary/aromatic N) is 1. The summed E-state index contributed by atoms with van der Waals surface area (Å²) in [4.78, 5) is 26.3. The minimum absolute atomic E-state index is 0.0698. The van der Waals surface area contributed by atoms with Crippen molar-refractivity contribution in [3.05, 3.63) is 62.8 Å². The molecule has 0 bridgehead atoms. The summed E-state index contributed by atoms with van der Waals surface area (Å²) in [5.41, 5.74) is 0.672. The van der Waals surface area contributed by atoms with Crippen molar-refractivity contribution in [2.75, 3.05) is 0 Å². The summed E-state index contributed by atoms with van der Waals surface area (Å²) in [5.74, 6) is 0. The topological polar surface area (TPSA) is 84.3 Å². The fourth-order valence-corrected chi connectivity index (χ4v) is 2.66. The minimum atomic E-state index is -0.774. The van der Waals surface area contributed by atoms with Gasteiger partial charge in [0.15, 0.2) is 0 Å². The van der Waals surface area contributed by atoms with Gasteiger partial charge in [-0.25, -0.2) is 4.79 Å². The van der Waals surface area contributed by atoms with Crippen molar-refractivity contribution in [1.82, 2.24) is 9.55 Å². The van der Waals surface area contributed by atoms with Crippen molar-refractivity contribution in [2.45, 2.75) is 44.6 Å². The number of hydrogen-bond donors (Lipinski definition) is 2. The molecular weight excluding hydrogens is 284 g/mol. The zero-order chi connectivity index (χ0) is 16.4. The van der Waals surface area contributed by atoms with Gasteiger partial charge < -0.3 is 9.84 Å². The standard InChI is InChI=1S/C16H19N2O4/c1-10-13(19)8-14(22-10)18-9-12(15(20)17-16(18)21)7-6-11-4-2-3-5-11/h2-5,9-10,13-14,19H,6-8H2,1H3,(H,17,20,21)/t10-,13?,14-/m1/s1/i1D. The Kier molecular flexibility index (Phi) is 3.78. The maximum atomic E-state index is 12.0. The van der Waals surface area contributed by atoms with Gasteiger partial charge in [0.1, 0.15) is 6.23 Å². The summed E-state index contributed by atoms with van der Waals surface area (Å²) in [6.45, 7) is -0.0698. The molecule has 117 valence electrons. The number of hydrogen-bond acceptors (Lipinski definition) is 4. The van der Waals surface area contributed by atoms with E-state index in [0.29, 0.717) is 18.4 Å². The van der Waals surface area contributed by atoms with E-state index >= 15 is 0 Å². The van der Waals surface area contributed by atoms with Gasteiger partial charge in [-0.05, 0) is 19.7 Å². The van der Waals surface area contributed by atoms with Crippen molar-refractivity contribution in [2.24, 2.45) is 0 Å². The molecule has 0 amide bonds. The van der Waals surface area contributed by atoms with Crippen LogP contribution in [0.1, 0.15) is 32.9 Å². The first-order valence-corrected chi connectivity index (χ1v) is 7.26. The highest BCUT2D eigenvalue weighted by atomic mass is 16.5. The third kappa shape index (κ3) is 2.98. The average molecular weight is 304 g/mol. The zero-order valence-corrected chi connectivity index (χ0v) is 12.1. The molecule has 3 atom stereocenters. The minimum Gasteiger partial charge on any atom is -0.390 e. The fourth-order valence-electron chi connectivity index (χ4n) is 2.66. The van der Waals surface area contributed by atoms with Crippen LogP contribution in [0.3, 0.4) is 0 Å². The normalized spacial score (nSPS) is 28.0. The summed E-state index contributed by atoms with van der Waals surface area (Å²) in [5, 5.41) is 9.83. The van der Waals surface area contributed by atoms with Crippen LogP contribution >= 0.6 is 0 Å². The number of H-pyrrole nitrogens is 1. The molecule has 0 aromatic carbocycles. The van der Waals surface area contributed by atoms with Crippen molar-refractivity contribution < 1.29 is 11.2 Å². The second-order valence-corrected chi connectivity index (χ2v) is 5.55. The lowest BCUT2D eigenvalue weighted by Crippen LogP contribution is -2.34. The Hall–Kier alpha value is -1.92. The van der Waals surface area contributed by atoms with Crippen LogP contribution in [0.15, 0.2) is 39.6 Å². The lowest BCUT2D eigenvalue weighted by atomic mass is 10.1. The van der Waals surface area contributed by atoms with Gasteiger partial charge in [-0.2, -0.15) is 0 Å². The summed E-state index contributed by atoms with van der Waals surface area (Å²) in [7, 11) is 0. The number of rotatable bonds is 4. The van der Waals surface area contributed by atoms with Crippen LogP contribution in [0, 0.1) is 6.42 Å². The first-order chi connectivity index (χ1) is 11.1. The summed E-state index contributed by atoms with van der Waals surface area (Å²) in [6.07, 6.45) is 8.78. The number of allylic oxidation sites excluding steroid dienone is 4. The van der Waals surface area contributed by atoms with Gasteiger partial charge in [-0.1, -0.05) is 23.8 Å². The maximum absolute atomic E-state index is 12.0. The number of aryl methyl sites for hydroxylation is 1. The van der Waals surface area contributed by atoms with Gasteiger partial charge in [-0.15, -0.1) is 0 Å². The summed E-state index contributed by atoms with van der Waals surface area (Å²) < 4.78 is 14.2. The fraction of sp³-hybridized carbons (Fsp3) is 0.438. The predicted octanol–water partition coefficient (Wildman–Crippen LogP) is 0.838. The highest BCUT2D eigenvalue weighted by molar-refractivity contribution is 5.34. The second kappa shape index (κ2) is 6.06. The number of ether oxygens (including phenoxy) is 1. The van der Waals surface area contributed by atoms with E-state index in [9.17, 15) is 14.7 Å². The molecule has 1 radical (unpaired) electrons. The molecule has 1 aliphatic heterocycles. The average Bonchev–Trinajstić information content (AvgIpc) is 3.15. The van der Waals surface area contributed by atoms with E-state index in [2.05, 4.69) is 4.98 Å². The van der Waals surface area contributed by atoms with Gasteiger partial charge in [-0.3, -0.25) is 14.3 Å². The molecule has 3 rings (SSSR count). The van der Waals surface area contributed by atoms with Gasteiger partial charge in [0.2, 0.25) is 0 Å². The highest BCUT2D eigenvalue weighted by Crippen LogP contribution is 2.27. The van der Waals surface area contributed by atoms with Crippen LogP contribution < -0.4 is 11.2 Å². The third-order valence-electron chi connectivity index (χ3n) is 3.97. The molecule has 1 unspecified atom stereocenters. The van der Waals surface area contributed by atoms with Crippen LogP contribution in [0.2, 0.25) is 0 Å². The van der Waals surface area contributed by atoms with E-state index in [1.165, 1.54) is 10.8 Å². The number of nitrogens with one attached hydrogen (secondary N) is 1. The second-order valence-electron chi connectivity index (χ2n) is 5.55. The monoisotopic (exact) mass is 304 g/mol. The molecule has 1 aliphatic carbocycles. The van der Waals surface area contributed by atoms with Crippen LogP contribution in [-0.4, -0.2) is 26.9 Å². The van der Waals surface area contributed by atoms with Gasteiger partial charge in [0.25, 0.3) is 5.56 Å². The molecule has 2 N–H and O–H groups in total. The zero-order valence-electron chi connectivity index (χ0n) is 13.1. The van der Waals surface area contributed by atoms with Crippen LogP contribution in [0.4, 0.5) is 0 Å². The Morgan fingerprint density at radius 2 is 2.32 bits per heavy atom. The van der Waals surface area contributed by atoms with E-state index in [1.807, 2.05) is 24.6 Å². The van der Waals surface area contributed by atoms with Crippen LogP contribution in [0.25, 0.3) is 0 Å². The van der Waals surface area contributed by atoms with Crippen molar-refractivity contribution >= 4 is 0 Å². The Morgan fingerprint density at radius 1 is 1.45 bits per heavy atom. The van der Waals surface area contributed by atoms with E-state index in [-0.39, 0.29) is 13.3 Å². The largest absolute Gasteiger partial charge is 0.390 e. The SMILES string of the molecule is [2H]C[C@H]1O[C@@H](n2cc(CCC3=CC=C[CH]3)c(=O)[nH]c2=O)CC1O. The van der Waals surface area contributed by atoms with E-state index in [1.54, 1.807) is 0 Å². The van der Waals surface area contributed by atoms with Crippen LogP contribution in [0.5, 0.6) is 0 Å². The first kappa shape index (κ1) is 13.7. The van der Waals surface area contributed by atoms with Gasteiger partial charge >= 0.3 is 5.69 Å². The molecule has 1 saturated heterocycles. The van der Waals surface area contributed by atoms with Gasteiger partial charge in [0, 0.05) is 26.0 Å². The van der Waals surface area contributed by atoms with E-state index in [0.717, 1.165) is 5.57 Å². The molecule has 1 aromatic heterocycles. The molecule has 6 heteroatoms.